The van der Waals surface area contributed by atoms with Crippen molar-refractivity contribution in [3.8, 4) is 0 Å². The lowest BCUT2D eigenvalue weighted by molar-refractivity contribution is 0.0530. The van der Waals surface area contributed by atoms with Gasteiger partial charge in [0.1, 0.15) is 11.4 Å². The summed E-state index contributed by atoms with van der Waals surface area (Å²) in [5.74, 6) is 1.45. The molecule has 7 heteroatoms. The number of nitrogens with zero attached hydrogens (tertiary/aromatic N) is 4. The number of fused-ring (bicyclic) bond motifs is 2. The van der Waals surface area contributed by atoms with Crippen LogP contribution in [0.15, 0.2) is 23.0 Å². The van der Waals surface area contributed by atoms with E-state index in [0.29, 0.717) is 28.3 Å². The highest BCUT2D eigenvalue weighted by atomic mass is 16.5. The SMILES string of the molecule is Cc1cc(C(=O)N2CC3CC2(c2ncc[nH]2)C3)c2c(C)noc2n1. The van der Waals surface area contributed by atoms with Gasteiger partial charge in [0, 0.05) is 24.6 Å². The predicted molar refractivity (Wildman–Crippen MR) is 85.3 cm³/mol. The number of aromatic amines is 1. The molecule has 122 valence electrons. The first-order valence-electron chi connectivity index (χ1n) is 8.14. The molecule has 3 fully saturated rings. The second-order valence-electron chi connectivity index (χ2n) is 6.92. The minimum atomic E-state index is -0.292. The van der Waals surface area contributed by atoms with Crippen LogP contribution in [-0.4, -0.2) is 37.5 Å². The van der Waals surface area contributed by atoms with Crippen LogP contribution in [0.2, 0.25) is 0 Å². The van der Waals surface area contributed by atoms with Gasteiger partial charge in [-0.3, -0.25) is 4.79 Å². The van der Waals surface area contributed by atoms with Gasteiger partial charge in [-0.15, -0.1) is 0 Å². The van der Waals surface area contributed by atoms with Gasteiger partial charge in [0.25, 0.3) is 11.6 Å². The Balaban J connectivity index is 1.64. The van der Waals surface area contributed by atoms with E-state index < -0.39 is 0 Å². The van der Waals surface area contributed by atoms with Crippen LogP contribution in [0.3, 0.4) is 0 Å². The van der Waals surface area contributed by atoms with Crippen molar-refractivity contribution in [1.82, 2.24) is 25.0 Å². The Kier molecular flexibility index (Phi) is 2.53. The molecule has 0 atom stereocenters. The fraction of sp³-hybridized carbons (Fsp3) is 0.412. The third-order valence-corrected chi connectivity index (χ3v) is 5.37. The van der Waals surface area contributed by atoms with E-state index in [1.54, 1.807) is 6.20 Å². The van der Waals surface area contributed by atoms with E-state index in [2.05, 4.69) is 20.1 Å². The lowest BCUT2D eigenvalue weighted by Gasteiger charge is -2.40. The summed E-state index contributed by atoms with van der Waals surface area (Å²) in [6, 6.07) is 1.83. The second kappa shape index (κ2) is 4.43. The van der Waals surface area contributed by atoms with Crippen molar-refractivity contribution < 1.29 is 9.32 Å². The molecule has 2 aliphatic heterocycles. The average Bonchev–Trinajstić information content (AvgIpc) is 3.27. The van der Waals surface area contributed by atoms with Crippen LogP contribution in [0.5, 0.6) is 0 Å². The van der Waals surface area contributed by atoms with Gasteiger partial charge < -0.3 is 14.4 Å². The topological polar surface area (TPSA) is 87.9 Å². The number of amides is 1. The Hall–Kier alpha value is -2.70. The molecule has 3 aliphatic rings. The van der Waals surface area contributed by atoms with Crippen LogP contribution in [-0.2, 0) is 5.54 Å². The summed E-state index contributed by atoms with van der Waals surface area (Å²) in [4.78, 5) is 27.3. The highest BCUT2D eigenvalue weighted by Crippen LogP contribution is 2.56. The Morgan fingerprint density at radius 3 is 3.00 bits per heavy atom. The molecule has 5 heterocycles. The molecule has 2 bridgehead atoms. The smallest absolute Gasteiger partial charge is 0.258 e. The summed E-state index contributed by atoms with van der Waals surface area (Å²) < 4.78 is 5.27. The Morgan fingerprint density at radius 2 is 2.25 bits per heavy atom. The van der Waals surface area contributed by atoms with Gasteiger partial charge in [0.15, 0.2) is 0 Å². The van der Waals surface area contributed by atoms with Crippen LogP contribution >= 0.6 is 0 Å². The van der Waals surface area contributed by atoms with Crippen molar-refractivity contribution in [1.29, 1.82) is 0 Å². The van der Waals surface area contributed by atoms with Crippen LogP contribution in [0.1, 0.15) is 40.4 Å². The first-order chi connectivity index (χ1) is 11.6. The van der Waals surface area contributed by atoms with E-state index in [4.69, 9.17) is 4.52 Å². The maximum atomic E-state index is 13.4. The van der Waals surface area contributed by atoms with Crippen LogP contribution in [0, 0.1) is 19.8 Å². The minimum absolute atomic E-state index is 0.00759. The van der Waals surface area contributed by atoms with Gasteiger partial charge >= 0.3 is 0 Å². The maximum absolute atomic E-state index is 13.4. The molecule has 0 aromatic carbocycles. The third-order valence-electron chi connectivity index (χ3n) is 5.37. The number of imidazole rings is 1. The van der Waals surface area contributed by atoms with Crippen molar-refractivity contribution in [2.75, 3.05) is 6.54 Å². The lowest BCUT2D eigenvalue weighted by atomic mass is 9.72. The van der Waals surface area contributed by atoms with Crippen molar-refractivity contribution in [3.63, 3.8) is 0 Å². The van der Waals surface area contributed by atoms with Gasteiger partial charge in [0.2, 0.25) is 0 Å². The van der Waals surface area contributed by atoms with Crippen molar-refractivity contribution >= 4 is 17.0 Å². The molecule has 24 heavy (non-hydrogen) atoms. The summed E-state index contributed by atoms with van der Waals surface area (Å²) in [5, 5.41) is 4.69. The third kappa shape index (κ3) is 1.61. The van der Waals surface area contributed by atoms with Crippen molar-refractivity contribution in [3.05, 3.63) is 41.2 Å². The Labute approximate surface area is 138 Å². The molecule has 6 rings (SSSR count). The number of carbonyl (C=O) groups is 1. The molecular weight excluding hydrogens is 306 g/mol. The largest absolute Gasteiger partial charge is 0.347 e. The maximum Gasteiger partial charge on any atom is 0.258 e. The fourth-order valence-electron chi connectivity index (χ4n) is 4.33. The van der Waals surface area contributed by atoms with Gasteiger partial charge in [-0.25, -0.2) is 9.97 Å². The zero-order chi connectivity index (χ0) is 16.5. The summed E-state index contributed by atoms with van der Waals surface area (Å²) in [6.45, 7) is 4.47. The first kappa shape index (κ1) is 13.7. The van der Waals surface area contributed by atoms with Crippen molar-refractivity contribution in [2.45, 2.75) is 32.2 Å². The van der Waals surface area contributed by atoms with Crippen LogP contribution in [0.4, 0.5) is 0 Å². The normalized spacial score (nSPS) is 25.2. The monoisotopic (exact) mass is 323 g/mol. The van der Waals surface area contributed by atoms with Crippen LogP contribution in [0.25, 0.3) is 11.1 Å². The minimum Gasteiger partial charge on any atom is -0.347 e. The summed E-state index contributed by atoms with van der Waals surface area (Å²) in [6.07, 6.45) is 5.51. The molecule has 0 radical (unpaired) electrons. The van der Waals surface area contributed by atoms with Crippen molar-refractivity contribution in [2.24, 2.45) is 5.92 Å². The molecule has 7 nitrogen and oxygen atoms in total. The number of hydrogen-bond acceptors (Lipinski definition) is 5. The molecule has 3 aromatic heterocycles. The summed E-state index contributed by atoms with van der Waals surface area (Å²) in [7, 11) is 0. The zero-order valence-corrected chi connectivity index (χ0v) is 13.5. The zero-order valence-electron chi connectivity index (χ0n) is 13.5. The van der Waals surface area contributed by atoms with Gasteiger partial charge in [-0.05, 0) is 38.7 Å². The number of H-pyrrole nitrogens is 1. The van der Waals surface area contributed by atoms with Gasteiger partial charge in [-0.2, -0.15) is 0 Å². The molecule has 1 amide bonds. The average molecular weight is 323 g/mol. The number of rotatable bonds is 2. The van der Waals surface area contributed by atoms with E-state index in [0.717, 1.165) is 30.9 Å². The molecule has 3 aromatic rings. The standard InChI is InChI=1S/C17H17N5O2/c1-9-5-12(13-10(2)21-24-14(13)20-9)15(23)22-8-11-6-17(22,7-11)16-18-3-4-19-16/h3-5,11H,6-8H2,1-2H3,(H,18,19). The number of pyridine rings is 1. The van der Waals surface area contributed by atoms with Gasteiger partial charge in [0.05, 0.1) is 16.6 Å². The van der Waals surface area contributed by atoms with E-state index in [9.17, 15) is 4.79 Å². The Bertz CT molecular complexity index is 953. The highest BCUT2D eigenvalue weighted by molar-refractivity contribution is 6.06. The quantitative estimate of drug-likeness (QED) is 0.782. The fourth-order valence-corrected chi connectivity index (χ4v) is 4.33. The molecule has 1 N–H and O–H groups in total. The molecule has 2 saturated heterocycles. The van der Waals surface area contributed by atoms with E-state index >= 15 is 0 Å². The van der Waals surface area contributed by atoms with E-state index in [-0.39, 0.29) is 11.4 Å². The molecule has 0 unspecified atom stereocenters. The number of carbonyl (C=O) groups excluding carboxylic acids is 1. The van der Waals surface area contributed by atoms with Crippen LogP contribution < -0.4 is 0 Å². The van der Waals surface area contributed by atoms with E-state index in [1.807, 2.05) is 31.0 Å². The molecule has 1 saturated carbocycles. The number of hydrogen-bond donors (Lipinski definition) is 1. The number of aryl methyl sites for hydroxylation is 2. The second-order valence-corrected chi connectivity index (χ2v) is 6.92. The number of aromatic nitrogens is 4. The predicted octanol–water partition coefficient (Wildman–Crippen LogP) is 2.32. The summed E-state index contributed by atoms with van der Waals surface area (Å²) >= 11 is 0. The molecule has 0 spiro atoms. The number of nitrogens with one attached hydrogen (secondary N) is 1. The molecular formula is C17H17N5O2. The van der Waals surface area contributed by atoms with Gasteiger partial charge in [-0.1, -0.05) is 5.16 Å². The lowest BCUT2D eigenvalue weighted by Crippen LogP contribution is -2.46. The Morgan fingerprint density at radius 1 is 1.42 bits per heavy atom. The molecule has 1 aliphatic carbocycles. The van der Waals surface area contributed by atoms with E-state index in [1.165, 1.54) is 0 Å². The highest BCUT2D eigenvalue weighted by Gasteiger charge is 2.60. The summed E-state index contributed by atoms with van der Waals surface area (Å²) in [5.41, 5.74) is 2.20. The first-order valence-corrected chi connectivity index (χ1v) is 8.14.